The highest BCUT2D eigenvalue weighted by Gasteiger charge is 2.41. The summed E-state index contributed by atoms with van der Waals surface area (Å²) in [6.07, 6.45) is 0. The summed E-state index contributed by atoms with van der Waals surface area (Å²) < 4.78 is 26.9. The Morgan fingerprint density at radius 1 is 0.198 bits per heavy atom. The van der Waals surface area contributed by atoms with Gasteiger partial charge in [0.2, 0.25) is 0 Å². The highest BCUT2D eigenvalue weighted by Crippen LogP contribution is 2.45. The summed E-state index contributed by atoms with van der Waals surface area (Å²) in [6, 6.07) is 102. The van der Waals surface area contributed by atoms with Gasteiger partial charge in [-0.2, -0.15) is 0 Å². The molecule has 2 aliphatic rings. The van der Waals surface area contributed by atoms with Crippen LogP contribution in [-0.2, 0) is 0 Å². The molecule has 20 rings (SSSR count). The van der Waals surface area contributed by atoms with Gasteiger partial charge in [-0.15, -0.1) is 0 Å². The normalized spacial score (nSPS) is 12.8. The summed E-state index contributed by atoms with van der Waals surface area (Å²) in [6.45, 7) is -0.179. The van der Waals surface area contributed by atoms with Crippen LogP contribution in [0.1, 0.15) is 0 Å². The van der Waals surface area contributed by atoms with Crippen molar-refractivity contribution >= 4 is 132 Å². The minimum absolute atomic E-state index is 0.179. The van der Waals surface area contributed by atoms with Gasteiger partial charge in [-0.25, -0.2) is 0 Å². The van der Waals surface area contributed by atoms with Gasteiger partial charge < -0.3 is 32.3 Å². The van der Waals surface area contributed by atoms with Crippen LogP contribution in [0.2, 0.25) is 0 Å². The van der Waals surface area contributed by atoms with Crippen LogP contribution >= 0.6 is 0 Å². The SMILES string of the molecule is c1ccc2c(c1)c1ccccc1n2-c1ccc2c(c1)Oc1cc(-n3c4ccc(-n5c6ccccc6c6ccccc65)cc4c4cc(-n5c6ccccc6c6ccccc65)ccc43)cc3c1B2c1ccc(-n2c4ccccc4c4ccccc42)cc1O3. The molecule has 2 aliphatic heterocycles. The molecule has 0 spiro atoms. The smallest absolute Gasteiger partial charge is 0.260 e. The van der Waals surface area contributed by atoms with Crippen LogP contribution in [0.25, 0.3) is 137 Å². The van der Waals surface area contributed by atoms with Crippen LogP contribution in [0.4, 0.5) is 0 Å². The monoisotopic (exact) mass is 1100 g/mol. The molecule has 0 radical (unpaired) electrons. The first-order valence-electron chi connectivity index (χ1n) is 29.5. The molecule has 0 saturated heterocycles. The van der Waals surface area contributed by atoms with Gasteiger partial charge in [-0.3, -0.25) is 0 Å². The van der Waals surface area contributed by atoms with E-state index >= 15 is 0 Å². The van der Waals surface area contributed by atoms with E-state index in [9.17, 15) is 0 Å². The summed E-state index contributed by atoms with van der Waals surface area (Å²) in [7, 11) is 0. The Hall–Kier alpha value is -11.5. The van der Waals surface area contributed by atoms with Gasteiger partial charge in [0.05, 0.1) is 60.9 Å². The molecule has 0 amide bonds. The summed E-state index contributed by atoms with van der Waals surface area (Å²) >= 11 is 0. The Bertz CT molecular complexity index is 5440. The fourth-order valence-electron chi connectivity index (χ4n) is 15.2. The summed E-state index contributed by atoms with van der Waals surface area (Å²) in [5.41, 5.74) is 19.8. The van der Waals surface area contributed by atoms with Crippen LogP contribution < -0.4 is 25.9 Å². The number of hydrogen-bond acceptors (Lipinski definition) is 2. The molecule has 0 fully saturated rings. The lowest BCUT2D eigenvalue weighted by molar-refractivity contribution is 0.464. The minimum Gasteiger partial charge on any atom is -0.458 e. The average Bonchev–Trinajstić information content (AvgIpc) is 3.13. The van der Waals surface area contributed by atoms with Crippen molar-refractivity contribution in [3.05, 3.63) is 279 Å². The predicted molar refractivity (Wildman–Crippen MR) is 356 cm³/mol. The summed E-state index contributed by atoms with van der Waals surface area (Å²) in [5.74, 6) is 3.17. The standard InChI is InChI=1S/C78H46BN5O2/c1-9-25-64-52(17-1)53-18-2-10-26-65(53)80(64)47-35-39-72-60(41-47)61-42-48(81-66-27-11-3-19-54(66)55-20-4-12-28-67(55)81)36-40-73(61)84(72)51-45-76-78-77(46-51)86-75-44-50(83-70-31-15-7-23-58(70)59-24-8-16-32-71(59)83)34-38-63(75)79(78)62-37-33-49(43-74(62)85-76)82-68-29-13-5-21-56(68)57-22-6-14-30-69(57)82/h1-46H. The highest BCUT2D eigenvalue weighted by atomic mass is 16.5. The Morgan fingerprint density at radius 2 is 0.430 bits per heavy atom. The second kappa shape index (κ2) is 17.1. The van der Waals surface area contributed by atoms with E-state index < -0.39 is 0 Å². The van der Waals surface area contributed by atoms with Crippen molar-refractivity contribution in [2.24, 2.45) is 0 Å². The Balaban J connectivity index is 0.835. The molecule has 7 nitrogen and oxygen atoms in total. The second-order valence-corrected chi connectivity index (χ2v) is 23.2. The van der Waals surface area contributed by atoms with Crippen LogP contribution in [0, 0.1) is 0 Å². The Labute approximate surface area is 492 Å². The summed E-state index contributed by atoms with van der Waals surface area (Å²) in [4.78, 5) is 0. The number of hydrogen-bond donors (Lipinski definition) is 0. The molecule has 7 heterocycles. The molecular formula is C78H46BN5O2. The molecule has 0 bridgehead atoms. The van der Waals surface area contributed by atoms with Gasteiger partial charge >= 0.3 is 0 Å². The van der Waals surface area contributed by atoms with Gasteiger partial charge in [0.25, 0.3) is 6.71 Å². The molecule has 398 valence electrons. The highest BCUT2D eigenvalue weighted by molar-refractivity contribution is 6.98. The lowest BCUT2D eigenvalue weighted by Crippen LogP contribution is -2.57. The zero-order chi connectivity index (χ0) is 55.9. The lowest BCUT2D eigenvalue weighted by atomic mass is 9.35. The van der Waals surface area contributed by atoms with Crippen molar-refractivity contribution in [1.29, 1.82) is 0 Å². The number of rotatable bonds is 5. The van der Waals surface area contributed by atoms with Gasteiger partial charge in [0, 0.05) is 106 Å². The molecule has 0 saturated carbocycles. The average molecular weight is 1100 g/mol. The van der Waals surface area contributed by atoms with Gasteiger partial charge in [0.15, 0.2) is 0 Å². The second-order valence-electron chi connectivity index (χ2n) is 23.2. The topological polar surface area (TPSA) is 43.1 Å². The molecule has 0 atom stereocenters. The van der Waals surface area contributed by atoms with E-state index in [1.165, 1.54) is 65.2 Å². The maximum atomic E-state index is 7.43. The number of nitrogens with zero attached hydrogens (tertiary/aromatic N) is 5. The van der Waals surface area contributed by atoms with E-state index in [-0.39, 0.29) is 6.71 Å². The van der Waals surface area contributed by atoms with Crippen molar-refractivity contribution in [2.45, 2.75) is 0 Å². The molecule has 5 aromatic heterocycles. The quantitative estimate of drug-likeness (QED) is 0.161. The van der Waals surface area contributed by atoms with E-state index in [0.717, 1.165) is 112 Å². The maximum absolute atomic E-state index is 7.43. The van der Waals surface area contributed by atoms with Crippen LogP contribution in [0.15, 0.2) is 279 Å². The number of para-hydroxylation sites is 8. The van der Waals surface area contributed by atoms with E-state index in [4.69, 9.17) is 9.47 Å². The first-order valence-corrected chi connectivity index (χ1v) is 29.5. The fraction of sp³-hybridized carbons (Fsp3) is 0. The van der Waals surface area contributed by atoms with Gasteiger partial charge in [0.1, 0.15) is 23.0 Å². The molecule has 0 N–H and O–H groups in total. The molecular weight excluding hydrogens is 1050 g/mol. The zero-order valence-corrected chi connectivity index (χ0v) is 46.2. The van der Waals surface area contributed by atoms with Crippen molar-refractivity contribution in [1.82, 2.24) is 22.8 Å². The third-order valence-corrected chi connectivity index (χ3v) is 18.8. The first kappa shape index (κ1) is 46.1. The number of ether oxygens (including phenoxy) is 2. The predicted octanol–water partition coefficient (Wildman–Crippen LogP) is 17.9. The first-order chi connectivity index (χ1) is 42.7. The lowest BCUT2D eigenvalue weighted by Gasteiger charge is -2.34. The van der Waals surface area contributed by atoms with Crippen molar-refractivity contribution < 1.29 is 9.47 Å². The largest absolute Gasteiger partial charge is 0.458 e. The van der Waals surface area contributed by atoms with Crippen molar-refractivity contribution in [3.63, 3.8) is 0 Å². The third-order valence-electron chi connectivity index (χ3n) is 18.8. The minimum atomic E-state index is -0.179. The number of benzene rings is 13. The number of fused-ring (bicyclic) bond motifs is 19. The molecule has 18 aromatic rings. The van der Waals surface area contributed by atoms with E-state index in [1.54, 1.807) is 0 Å². The molecule has 0 unspecified atom stereocenters. The summed E-state index contributed by atoms with van der Waals surface area (Å²) in [5, 5.41) is 12.1. The van der Waals surface area contributed by atoms with Crippen LogP contribution in [-0.4, -0.2) is 29.5 Å². The van der Waals surface area contributed by atoms with Crippen molar-refractivity contribution in [2.75, 3.05) is 0 Å². The molecule has 8 heteroatoms. The van der Waals surface area contributed by atoms with E-state index in [1.807, 2.05) is 0 Å². The zero-order valence-electron chi connectivity index (χ0n) is 46.2. The fourth-order valence-corrected chi connectivity index (χ4v) is 15.2. The third kappa shape index (κ3) is 6.21. The Kier molecular flexibility index (Phi) is 9.14. The van der Waals surface area contributed by atoms with E-state index in [0.29, 0.717) is 0 Å². The maximum Gasteiger partial charge on any atom is 0.260 e. The van der Waals surface area contributed by atoms with Gasteiger partial charge in [-0.05, 0) is 108 Å². The number of aromatic nitrogens is 5. The molecule has 13 aromatic carbocycles. The van der Waals surface area contributed by atoms with Crippen molar-refractivity contribution in [3.8, 4) is 51.4 Å². The van der Waals surface area contributed by atoms with Crippen LogP contribution in [0.5, 0.6) is 23.0 Å². The molecule has 86 heavy (non-hydrogen) atoms. The van der Waals surface area contributed by atoms with Crippen LogP contribution in [0.3, 0.4) is 0 Å². The van der Waals surface area contributed by atoms with Gasteiger partial charge in [-0.1, -0.05) is 158 Å². The molecule has 0 aliphatic carbocycles. The van der Waals surface area contributed by atoms with E-state index in [2.05, 4.69) is 302 Å². The Morgan fingerprint density at radius 3 is 0.733 bits per heavy atom.